The monoisotopic (exact) mass is 617 g/mol. The molecule has 1 unspecified atom stereocenters. The molecule has 0 N–H and O–H groups in total. The third-order valence-electron chi connectivity index (χ3n) is 9.59. The van der Waals surface area contributed by atoms with E-state index in [1.54, 1.807) is 17.9 Å². The Kier molecular flexibility index (Phi) is 8.23. The maximum Gasteiger partial charge on any atom is 0.257 e. The molecule has 0 bridgehead atoms. The zero-order chi connectivity index (χ0) is 31.5. The zero-order valence-corrected chi connectivity index (χ0v) is 26.2. The minimum atomic E-state index is -0.138. The van der Waals surface area contributed by atoms with E-state index in [4.69, 9.17) is 9.72 Å². The van der Waals surface area contributed by atoms with E-state index >= 15 is 0 Å². The molecule has 2 aliphatic heterocycles. The Balaban J connectivity index is 1.07. The number of para-hydroxylation sites is 2. The highest BCUT2D eigenvalue weighted by Gasteiger charge is 2.42. The molecule has 0 saturated carbocycles. The molecule has 1 atom stereocenters. The number of ether oxygens (including phenoxy) is 1. The summed E-state index contributed by atoms with van der Waals surface area (Å²) in [6.07, 6.45) is 6.31. The van der Waals surface area contributed by atoms with Crippen LogP contribution in [0.4, 0.5) is 5.95 Å². The molecule has 1 amide bonds. The first-order valence-electron chi connectivity index (χ1n) is 15.9. The molecule has 0 aliphatic carbocycles. The molecular formula is C35H39N9O2. The van der Waals surface area contributed by atoms with Gasteiger partial charge in [-0.05, 0) is 78.7 Å². The Bertz CT molecular complexity index is 1820. The molecule has 236 valence electrons. The maximum atomic E-state index is 14.1. The standard InChI is InChI=1S/C35H39N9O2/c1-3-43-31-13-8-7-12-30(31)37-34(43)41-19-9-18-40(22-23-41)20-16-35(27-10-5-4-6-11-27)17-21-42(25-35)33(45)29-24-28(14-15-32(29)46-2)44-26-36-38-39-44/h3-8,10-15,24,26H,1,9,16-23,25H2,2H3. The fourth-order valence-corrected chi connectivity index (χ4v) is 7.08. The Morgan fingerprint density at radius 3 is 2.65 bits per heavy atom. The predicted molar refractivity (Wildman–Crippen MR) is 178 cm³/mol. The van der Waals surface area contributed by atoms with Crippen LogP contribution in [0.1, 0.15) is 35.2 Å². The zero-order valence-electron chi connectivity index (χ0n) is 26.2. The normalized spacial score (nSPS) is 19.0. The summed E-state index contributed by atoms with van der Waals surface area (Å²) in [4.78, 5) is 26.0. The summed E-state index contributed by atoms with van der Waals surface area (Å²) in [5.74, 6) is 1.46. The molecular weight excluding hydrogens is 578 g/mol. The number of rotatable bonds is 9. The van der Waals surface area contributed by atoms with Crippen molar-refractivity contribution in [1.29, 1.82) is 0 Å². The molecule has 2 aliphatic rings. The number of imidazole rings is 1. The van der Waals surface area contributed by atoms with Gasteiger partial charge in [0, 0.05) is 44.3 Å². The molecule has 3 aromatic carbocycles. The minimum absolute atomic E-state index is 0.0416. The minimum Gasteiger partial charge on any atom is -0.496 e. The highest BCUT2D eigenvalue weighted by atomic mass is 16.5. The second kappa shape index (κ2) is 12.8. The largest absolute Gasteiger partial charge is 0.496 e. The van der Waals surface area contributed by atoms with E-state index in [1.807, 2.05) is 35.4 Å². The lowest BCUT2D eigenvalue weighted by Crippen LogP contribution is -2.39. The van der Waals surface area contributed by atoms with Crippen LogP contribution in [-0.2, 0) is 5.41 Å². The molecule has 4 heterocycles. The summed E-state index contributed by atoms with van der Waals surface area (Å²) < 4.78 is 9.27. The van der Waals surface area contributed by atoms with Crippen LogP contribution >= 0.6 is 0 Å². The number of anilines is 1. The fraction of sp³-hybridized carbons (Fsp3) is 0.343. The number of tetrazole rings is 1. The summed E-state index contributed by atoms with van der Waals surface area (Å²) in [7, 11) is 1.59. The van der Waals surface area contributed by atoms with Crippen molar-refractivity contribution < 1.29 is 9.53 Å². The van der Waals surface area contributed by atoms with Gasteiger partial charge in [-0.15, -0.1) is 5.10 Å². The number of carbonyl (C=O) groups is 1. The Labute approximate surface area is 268 Å². The van der Waals surface area contributed by atoms with Gasteiger partial charge in [0.05, 0.1) is 29.4 Å². The van der Waals surface area contributed by atoms with Gasteiger partial charge in [0.2, 0.25) is 5.95 Å². The Hall–Kier alpha value is -5.03. The van der Waals surface area contributed by atoms with E-state index in [2.05, 4.69) is 78.9 Å². The second-order valence-corrected chi connectivity index (χ2v) is 12.1. The van der Waals surface area contributed by atoms with Gasteiger partial charge in [-0.3, -0.25) is 9.36 Å². The van der Waals surface area contributed by atoms with Crippen molar-refractivity contribution in [2.45, 2.75) is 24.7 Å². The summed E-state index contributed by atoms with van der Waals surface area (Å²) >= 11 is 0. The van der Waals surface area contributed by atoms with Crippen LogP contribution in [0.2, 0.25) is 0 Å². The lowest BCUT2D eigenvalue weighted by Gasteiger charge is -2.33. The van der Waals surface area contributed by atoms with Gasteiger partial charge in [-0.1, -0.05) is 49.0 Å². The van der Waals surface area contributed by atoms with Crippen molar-refractivity contribution in [3.63, 3.8) is 0 Å². The van der Waals surface area contributed by atoms with Crippen LogP contribution in [0.5, 0.6) is 5.75 Å². The number of aromatic nitrogens is 6. The van der Waals surface area contributed by atoms with E-state index in [-0.39, 0.29) is 11.3 Å². The lowest BCUT2D eigenvalue weighted by molar-refractivity contribution is 0.0777. The molecule has 46 heavy (non-hydrogen) atoms. The molecule has 7 rings (SSSR count). The maximum absolute atomic E-state index is 14.1. The Morgan fingerprint density at radius 1 is 1.00 bits per heavy atom. The van der Waals surface area contributed by atoms with E-state index in [1.165, 1.54) is 11.9 Å². The summed E-state index contributed by atoms with van der Waals surface area (Å²) in [5, 5.41) is 11.5. The molecule has 11 nitrogen and oxygen atoms in total. The first kappa shape index (κ1) is 29.7. The highest BCUT2D eigenvalue weighted by molar-refractivity contribution is 5.98. The van der Waals surface area contributed by atoms with Gasteiger partial charge >= 0.3 is 0 Å². The third-order valence-corrected chi connectivity index (χ3v) is 9.59. The molecule has 0 radical (unpaired) electrons. The summed E-state index contributed by atoms with van der Waals surface area (Å²) in [6, 6.07) is 24.4. The average Bonchev–Trinajstić information content (AvgIpc) is 3.84. The predicted octanol–water partition coefficient (Wildman–Crippen LogP) is 4.51. The topological polar surface area (TPSA) is 97.4 Å². The van der Waals surface area contributed by atoms with Crippen molar-refractivity contribution in [1.82, 2.24) is 39.6 Å². The van der Waals surface area contributed by atoms with Gasteiger partial charge in [0.15, 0.2) is 0 Å². The van der Waals surface area contributed by atoms with Gasteiger partial charge in [-0.2, -0.15) is 0 Å². The van der Waals surface area contributed by atoms with E-state index in [0.717, 1.165) is 69.0 Å². The number of carbonyl (C=O) groups excluding carboxylic acids is 1. The molecule has 5 aromatic rings. The van der Waals surface area contributed by atoms with Crippen LogP contribution in [-0.4, -0.2) is 98.4 Å². The first-order valence-corrected chi connectivity index (χ1v) is 15.9. The van der Waals surface area contributed by atoms with E-state index in [9.17, 15) is 4.79 Å². The molecule has 0 spiro atoms. The third kappa shape index (κ3) is 5.62. The van der Waals surface area contributed by atoms with Gasteiger partial charge in [-0.25, -0.2) is 9.67 Å². The number of amides is 1. The quantitative estimate of drug-likeness (QED) is 0.239. The van der Waals surface area contributed by atoms with Gasteiger partial charge in [0.25, 0.3) is 5.91 Å². The number of benzene rings is 3. The van der Waals surface area contributed by atoms with Gasteiger partial charge in [0.1, 0.15) is 12.1 Å². The summed E-state index contributed by atoms with van der Waals surface area (Å²) in [5.41, 5.74) is 4.44. The van der Waals surface area contributed by atoms with Crippen molar-refractivity contribution in [2.75, 3.05) is 57.8 Å². The highest BCUT2D eigenvalue weighted by Crippen LogP contribution is 2.39. The number of fused-ring (bicyclic) bond motifs is 1. The van der Waals surface area contributed by atoms with Crippen molar-refractivity contribution in [2.24, 2.45) is 0 Å². The van der Waals surface area contributed by atoms with Crippen LogP contribution in [0.25, 0.3) is 22.9 Å². The van der Waals surface area contributed by atoms with Crippen LogP contribution in [0, 0.1) is 0 Å². The fourth-order valence-electron chi connectivity index (χ4n) is 7.08. The van der Waals surface area contributed by atoms with Crippen molar-refractivity contribution in [3.05, 3.63) is 96.8 Å². The van der Waals surface area contributed by atoms with Crippen molar-refractivity contribution >= 4 is 29.1 Å². The number of nitrogens with zero attached hydrogens (tertiary/aromatic N) is 9. The number of hydrogen-bond donors (Lipinski definition) is 0. The SMILES string of the molecule is C=Cn1c(N2CCCN(CCC3(c4ccccc4)CCN(C(=O)c4cc(-n5cnnn5)ccc4OC)C3)CC2)nc2ccccc21. The first-order chi connectivity index (χ1) is 22.6. The molecule has 2 fully saturated rings. The van der Waals surface area contributed by atoms with Crippen molar-refractivity contribution in [3.8, 4) is 11.4 Å². The smallest absolute Gasteiger partial charge is 0.257 e. The van der Waals surface area contributed by atoms with E-state index in [0.29, 0.717) is 30.1 Å². The molecule has 11 heteroatoms. The Morgan fingerprint density at radius 2 is 1.85 bits per heavy atom. The van der Waals surface area contributed by atoms with E-state index < -0.39 is 0 Å². The molecule has 2 aromatic heterocycles. The second-order valence-electron chi connectivity index (χ2n) is 12.1. The average molecular weight is 618 g/mol. The van der Waals surface area contributed by atoms with Crippen LogP contribution in [0.3, 0.4) is 0 Å². The molecule has 2 saturated heterocycles. The van der Waals surface area contributed by atoms with Crippen LogP contribution in [0.15, 0.2) is 85.7 Å². The van der Waals surface area contributed by atoms with Crippen LogP contribution < -0.4 is 9.64 Å². The van der Waals surface area contributed by atoms with Gasteiger partial charge < -0.3 is 19.4 Å². The number of likely N-dealkylation sites (tertiary alicyclic amines) is 1. The number of hydrogen-bond acceptors (Lipinski definition) is 8. The lowest BCUT2D eigenvalue weighted by atomic mass is 9.76. The summed E-state index contributed by atoms with van der Waals surface area (Å²) in [6.45, 7) is 10.2. The number of methoxy groups -OCH3 is 1.